The van der Waals surface area contributed by atoms with Gasteiger partial charge in [-0.15, -0.1) is 4.28 Å². The number of urea groups is 1. The summed E-state index contributed by atoms with van der Waals surface area (Å²) in [7, 11) is -5.18. The highest BCUT2D eigenvalue weighted by Crippen LogP contribution is 2.41. The van der Waals surface area contributed by atoms with Crippen LogP contribution < -0.4 is 10.8 Å². The molecule has 2 bridgehead atoms. The van der Waals surface area contributed by atoms with Gasteiger partial charge in [-0.05, 0) is 25.3 Å². The molecule has 0 radical (unpaired) electrons. The van der Waals surface area contributed by atoms with Gasteiger partial charge in [0.25, 0.3) is 11.8 Å². The van der Waals surface area contributed by atoms with Crippen molar-refractivity contribution < 1.29 is 40.5 Å². The maximum absolute atomic E-state index is 14.3. The average molecular weight is 414 g/mol. The molecule has 3 saturated heterocycles. The van der Waals surface area contributed by atoms with E-state index in [9.17, 15) is 26.8 Å². The highest BCUT2D eigenvalue weighted by molar-refractivity contribution is 7.80. The minimum Gasteiger partial charge on any atom is -0.316 e. The van der Waals surface area contributed by atoms with E-state index in [1.54, 1.807) is 0 Å². The Kier molecular flexibility index (Phi) is 5.54. The lowest BCUT2D eigenvalue weighted by molar-refractivity contribution is -0.159. The highest BCUT2D eigenvalue weighted by atomic mass is 32.3. The van der Waals surface area contributed by atoms with E-state index in [4.69, 9.17) is 9.39 Å². The Bertz CT molecular complexity index is 701. The van der Waals surface area contributed by atoms with Gasteiger partial charge in [-0.2, -0.15) is 13.5 Å². The Morgan fingerprint density at radius 1 is 1.44 bits per heavy atom. The number of amides is 3. The third kappa shape index (κ3) is 4.45. The first-order valence-electron chi connectivity index (χ1n) is 8.35. The summed E-state index contributed by atoms with van der Waals surface area (Å²) < 4.78 is 62.9. The summed E-state index contributed by atoms with van der Waals surface area (Å²) in [6, 6.07) is -4.76. The van der Waals surface area contributed by atoms with Crippen LogP contribution in [0.3, 0.4) is 0 Å². The van der Waals surface area contributed by atoms with E-state index in [0.29, 0.717) is 6.54 Å². The minimum atomic E-state index is -5.18. The van der Waals surface area contributed by atoms with Gasteiger partial charge in [0.15, 0.2) is 0 Å². The van der Waals surface area contributed by atoms with E-state index in [-0.39, 0.29) is 17.6 Å². The van der Waals surface area contributed by atoms with Crippen molar-refractivity contribution in [1.82, 2.24) is 20.8 Å². The van der Waals surface area contributed by atoms with Crippen LogP contribution in [-0.4, -0.2) is 79.1 Å². The van der Waals surface area contributed by atoms with Crippen molar-refractivity contribution in [3.63, 3.8) is 0 Å². The minimum absolute atomic E-state index is 0.114. The molecule has 3 heterocycles. The molecule has 154 valence electrons. The van der Waals surface area contributed by atoms with E-state index < -0.39 is 53.3 Å². The summed E-state index contributed by atoms with van der Waals surface area (Å²) in [5.74, 6) is -4.38. The van der Waals surface area contributed by atoms with Crippen molar-refractivity contribution in [2.24, 2.45) is 5.92 Å². The Morgan fingerprint density at radius 3 is 2.81 bits per heavy atom. The predicted molar refractivity (Wildman–Crippen MR) is 83.4 cm³/mol. The maximum atomic E-state index is 14.3. The third-order valence-corrected chi connectivity index (χ3v) is 5.13. The number of carbonyl (C=O) groups excluding carboxylic acids is 2. The first kappa shape index (κ1) is 20.1. The number of hydroxylamine groups is 3. The number of piperidine rings is 2. The van der Waals surface area contributed by atoms with Crippen LogP contribution in [0, 0.1) is 5.92 Å². The molecule has 11 nitrogen and oxygen atoms in total. The summed E-state index contributed by atoms with van der Waals surface area (Å²) in [6.45, 7) is 1.17. The molecule has 3 fully saturated rings. The average Bonchev–Trinajstić information content (AvgIpc) is 2.86. The number of hydrogen-bond acceptors (Lipinski definition) is 7. The van der Waals surface area contributed by atoms with Crippen LogP contribution in [0.1, 0.15) is 19.3 Å². The highest BCUT2D eigenvalue weighted by Gasteiger charge is 2.62. The number of hydrogen-bond donors (Lipinski definition) is 3. The van der Waals surface area contributed by atoms with Crippen molar-refractivity contribution >= 4 is 22.3 Å². The van der Waals surface area contributed by atoms with Crippen LogP contribution in [0.4, 0.5) is 13.6 Å². The summed E-state index contributed by atoms with van der Waals surface area (Å²) in [6.07, 6.45) is 0.831. The van der Waals surface area contributed by atoms with Crippen LogP contribution in [0.2, 0.25) is 0 Å². The molecule has 3 aliphatic rings. The van der Waals surface area contributed by atoms with Crippen LogP contribution in [0.25, 0.3) is 0 Å². The molecule has 0 spiro atoms. The first-order valence-corrected chi connectivity index (χ1v) is 9.72. The maximum Gasteiger partial charge on any atom is 0.418 e. The molecule has 3 aliphatic heterocycles. The fourth-order valence-electron chi connectivity index (χ4n) is 3.45. The smallest absolute Gasteiger partial charge is 0.316 e. The molecule has 3 rings (SSSR count). The molecular formula is C13H20F2N4O7S. The standard InChI is InChI=1S/C13H20F2N4O7S/c14-13(15)4-9(11(20)17-25-7-8-2-1-3-16-5-8)18-6-10(13)19(12(18)21)26-27(22,23)24/h8-10,16H,1-7H2,(H,17,20)(H,22,23,24)/t8?,9-,10+/m0/s1. The van der Waals surface area contributed by atoms with E-state index in [1.165, 1.54) is 0 Å². The fourth-order valence-corrected chi connectivity index (χ4v) is 3.82. The zero-order chi connectivity index (χ0) is 19.8. The number of rotatable bonds is 6. The second kappa shape index (κ2) is 7.43. The molecule has 3 N–H and O–H groups in total. The van der Waals surface area contributed by atoms with Crippen molar-refractivity contribution in [3.8, 4) is 0 Å². The van der Waals surface area contributed by atoms with Crippen LogP contribution in [-0.2, 0) is 24.3 Å². The van der Waals surface area contributed by atoms with Gasteiger partial charge in [-0.1, -0.05) is 0 Å². The number of halogens is 2. The molecule has 0 aromatic carbocycles. The lowest BCUT2D eigenvalue weighted by atomic mass is 9.96. The van der Waals surface area contributed by atoms with E-state index in [1.807, 2.05) is 0 Å². The van der Waals surface area contributed by atoms with Gasteiger partial charge in [0.2, 0.25) is 0 Å². The quantitative estimate of drug-likeness (QED) is 0.383. The van der Waals surface area contributed by atoms with Gasteiger partial charge in [0.05, 0.1) is 13.2 Å². The Balaban J connectivity index is 1.62. The molecule has 14 heteroatoms. The number of nitrogens with one attached hydrogen (secondary N) is 2. The Morgan fingerprint density at radius 2 is 2.19 bits per heavy atom. The fraction of sp³-hybridized carbons (Fsp3) is 0.846. The van der Waals surface area contributed by atoms with Gasteiger partial charge < -0.3 is 10.2 Å². The topological polar surface area (TPSA) is 138 Å². The summed E-state index contributed by atoms with van der Waals surface area (Å²) in [5.41, 5.74) is 2.08. The largest absolute Gasteiger partial charge is 0.418 e. The number of carbonyl (C=O) groups is 2. The second-order valence-electron chi connectivity index (χ2n) is 6.75. The van der Waals surface area contributed by atoms with Gasteiger partial charge in [0.1, 0.15) is 12.1 Å². The van der Waals surface area contributed by atoms with Crippen molar-refractivity contribution in [1.29, 1.82) is 0 Å². The summed E-state index contributed by atoms with van der Waals surface area (Å²) >= 11 is 0. The summed E-state index contributed by atoms with van der Waals surface area (Å²) in [4.78, 5) is 30.3. The third-order valence-electron chi connectivity index (χ3n) is 4.78. The van der Waals surface area contributed by atoms with Crippen LogP contribution >= 0.6 is 0 Å². The first-order chi connectivity index (χ1) is 12.6. The van der Waals surface area contributed by atoms with Crippen molar-refractivity contribution in [3.05, 3.63) is 0 Å². The zero-order valence-corrected chi connectivity index (χ0v) is 15.0. The summed E-state index contributed by atoms with van der Waals surface area (Å²) in [5, 5.41) is 3.05. The molecule has 3 amide bonds. The molecule has 3 atom stereocenters. The van der Waals surface area contributed by atoms with Gasteiger partial charge in [-0.3, -0.25) is 14.2 Å². The van der Waals surface area contributed by atoms with Crippen molar-refractivity contribution in [2.45, 2.75) is 37.3 Å². The van der Waals surface area contributed by atoms with Crippen LogP contribution in [0.15, 0.2) is 0 Å². The molecule has 0 aromatic rings. The molecular weight excluding hydrogens is 394 g/mol. The molecule has 0 aromatic heterocycles. The SMILES string of the molecule is O=C(NOCC1CCCNC1)[C@@H]1CC(F)(F)[C@H]2CN1C(=O)N2OS(=O)(=O)O. The molecule has 1 unspecified atom stereocenters. The van der Waals surface area contributed by atoms with Gasteiger partial charge >= 0.3 is 16.4 Å². The van der Waals surface area contributed by atoms with Gasteiger partial charge in [0, 0.05) is 13.0 Å². The lowest BCUT2D eigenvalue weighted by Gasteiger charge is -2.34. The Labute approximate surface area is 153 Å². The second-order valence-corrected chi connectivity index (χ2v) is 7.75. The molecule has 0 saturated carbocycles. The monoisotopic (exact) mass is 414 g/mol. The van der Waals surface area contributed by atoms with Crippen molar-refractivity contribution in [2.75, 3.05) is 26.2 Å². The number of fused-ring (bicyclic) bond motifs is 2. The van der Waals surface area contributed by atoms with E-state index >= 15 is 0 Å². The number of nitrogens with zero attached hydrogens (tertiary/aromatic N) is 2. The number of alkyl halides is 2. The van der Waals surface area contributed by atoms with Crippen LogP contribution in [0.5, 0.6) is 0 Å². The predicted octanol–water partition coefficient (Wildman–Crippen LogP) is -0.718. The van der Waals surface area contributed by atoms with Gasteiger partial charge in [-0.25, -0.2) is 19.1 Å². The molecule has 0 aliphatic carbocycles. The zero-order valence-electron chi connectivity index (χ0n) is 14.1. The normalized spacial score (nSPS) is 30.5. The molecule has 27 heavy (non-hydrogen) atoms. The van der Waals surface area contributed by atoms with E-state index in [2.05, 4.69) is 15.1 Å². The van der Waals surface area contributed by atoms with E-state index in [0.717, 1.165) is 24.3 Å². The lowest BCUT2D eigenvalue weighted by Crippen LogP contribution is -2.56. The Hall–Kier alpha value is -1.61.